The van der Waals surface area contributed by atoms with E-state index in [1.54, 1.807) is 16.7 Å². The van der Waals surface area contributed by atoms with Crippen LogP contribution in [0.1, 0.15) is 64.0 Å². The zero-order chi connectivity index (χ0) is 30.8. The quantitative estimate of drug-likeness (QED) is 0.207. The lowest BCUT2D eigenvalue weighted by Gasteiger charge is -2.22. The normalized spacial score (nSPS) is 17.1. The predicted molar refractivity (Wildman–Crippen MR) is 160 cm³/mol. The highest BCUT2D eigenvalue weighted by atomic mass is 19.1. The Kier molecular flexibility index (Phi) is 8.90. The van der Waals surface area contributed by atoms with Crippen LogP contribution in [0, 0.1) is 17.6 Å². The van der Waals surface area contributed by atoms with Crippen LogP contribution in [0.4, 0.5) is 8.78 Å². The highest BCUT2D eigenvalue weighted by Gasteiger charge is 2.28. The van der Waals surface area contributed by atoms with Crippen molar-refractivity contribution >= 4 is 11.2 Å². The Morgan fingerprint density at radius 3 is 2.55 bits per heavy atom. The molecule has 1 saturated carbocycles. The van der Waals surface area contributed by atoms with E-state index in [1.807, 2.05) is 13.8 Å². The van der Waals surface area contributed by atoms with Crippen LogP contribution in [-0.2, 0) is 22.6 Å². The average Bonchev–Trinajstić information content (AvgIpc) is 3.77. The van der Waals surface area contributed by atoms with E-state index in [9.17, 15) is 18.4 Å². The summed E-state index contributed by atoms with van der Waals surface area (Å²) in [6.45, 7) is 5.33. The maximum atomic E-state index is 14.7. The number of hydrogen-bond donors (Lipinski definition) is 0. The van der Waals surface area contributed by atoms with Gasteiger partial charge in [0, 0.05) is 25.7 Å². The van der Waals surface area contributed by atoms with E-state index in [4.69, 9.17) is 19.2 Å². The second-order valence-electron chi connectivity index (χ2n) is 11.8. The smallest absolute Gasteiger partial charge is 0.332 e. The first-order valence-electron chi connectivity index (χ1n) is 15.3. The van der Waals surface area contributed by atoms with Crippen LogP contribution >= 0.6 is 0 Å². The first-order valence-corrected chi connectivity index (χ1v) is 15.3. The van der Waals surface area contributed by atoms with E-state index in [1.165, 1.54) is 27.3 Å². The highest BCUT2D eigenvalue weighted by Crippen LogP contribution is 2.34. The van der Waals surface area contributed by atoms with Gasteiger partial charge in [-0.15, -0.1) is 0 Å². The number of rotatable bonds is 12. The van der Waals surface area contributed by atoms with Crippen LogP contribution in [0.25, 0.3) is 22.6 Å². The number of pyridine rings is 1. The molecule has 4 aromatic rings. The molecule has 1 unspecified atom stereocenters. The van der Waals surface area contributed by atoms with Gasteiger partial charge in [-0.25, -0.2) is 23.5 Å². The Balaban J connectivity index is 1.47. The third-order valence-electron chi connectivity index (χ3n) is 8.01. The minimum Gasteiger partial charge on any atom is -0.477 e. The van der Waals surface area contributed by atoms with Crippen molar-refractivity contribution in [2.24, 2.45) is 5.92 Å². The topological polar surface area (TPSA) is 102 Å². The highest BCUT2D eigenvalue weighted by molar-refractivity contribution is 5.78. The van der Waals surface area contributed by atoms with Crippen LogP contribution in [0.3, 0.4) is 0 Å². The number of hydrogen-bond acceptors (Lipinski definition) is 7. The molecular weight excluding hydrogens is 572 g/mol. The molecule has 0 amide bonds. The van der Waals surface area contributed by atoms with Crippen LogP contribution in [0.5, 0.6) is 5.88 Å². The van der Waals surface area contributed by atoms with E-state index < -0.39 is 22.9 Å². The monoisotopic (exact) mass is 609 g/mol. The summed E-state index contributed by atoms with van der Waals surface area (Å²) in [6.07, 6.45) is 6.20. The van der Waals surface area contributed by atoms with Crippen molar-refractivity contribution in [3.8, 4) is 17.3 Å². The zero-order valence-electron chi connectivity index (χ0n) is 25.0. The summed E-state index contributed by atoms with van der Waals surface area (Å²) in [7, 11) is 0. The molecule has 1 saturated heterocycles. The van der Waals surface area contributed by atoms with Gasteiger partial charge in [0.05, 0.1) is 25.0 Å². The van der Waals surface area contributed by atoms with Gasteiger partial charge in [0.1, 0.15) is 17.5 Å². The second kappa shape index (κ2) is 13.0. The molecule has 0 radical (unpaired) electrons. The molecule has 1 aliphatic heterocycles. The Morgan fingerprint density at radius 1 is 1.05 bits per heavy atom. The number of imidazole rings is 1. The summed E-state index contributed by atoms with van der Waals surface area (Å²) >= 11 is 0. The van der Waals surface area contributed by atoms with Gasteiger partial charge in [-0.3, -0.25) is 13.9 Å². The molecule has 1 aromatic carbocycles. The number of ether oxygens (including phenoxy) is 3. The summed E-state index contributed by atoms with van der Waals surface area (Å²) in [5.74, 6) is -0.163. The SMILES string of the molecule is CC(C)n1c(=O)n(CCCOC2CCCCO2)c(=O)c2c1nc(-c1cc(F)cnc1OCC1CC1)n2Cc1ccc(F)cc1. The van der Waals surface area contributed by atoms with Crippen LogP contribution in [0.15, 0.2) is 46.1 Å². The fraction of sp³-hybridized carbons (Fsp3) is 0.500. The Hall–Kier alpha value is -3.90. The van der Waals surface area contributed by atoms with Crippen molar-refractivity contribution in [3.63, 3.8) is 0 Å². The first kappa shape index (κ1) is 30.1. The third-order valence-corrected chi connectivity index (χ3v) is 8.01. The first-order chi connectivity index (χ1) is 21.3. The average molecular weight is 610 g/mol. The molecule has 4 heterocycles. The maximum Gasteiger partial charge on any atom is 0.332 e. The number of aromatic nitrogens is 5. The summed E-state index contributed by atoms with van der Waals surface area (Å²) in [4.78, 5) is 36.9. The third kappa shape index (κ3) is 6.46. The molecule has 3 aromatic heterocycles. The van der Waals surface area contributed by atoms with Crippen LogP contribution in [0.2, 0.25) is 0 Å². The van der Waals surface area contributed by atoms with Gasteiger partial charge < -0.3 is 18.8 Å². The van der Waals surface area contributed by atoms with Gasteiger partial charge in [-0.05, 0) is 82.1 Å². The lowest BCUT2D eigenvalue weighted by molar-refractivity contribution is -0.163. The van der Waals surface area contributed by atoms with Gasteiger partial charge in [0.15, 0.2) is 17.5 Å². The fourth-order valence-electron chi connectivity index (χ4n) is 5.51. The summed E-state index contributed by atoms with van der Waals surface area (Å²) in [5, 5.41) is 0. The van der Waals surface area contributed by atoms with Crippen molar-refractivity contribution in [1.82, 2.24) is 23.7 Å². The van der Waals surface area contributed by atoms with Gasteiger partial charge in [-0.2, -0.15) is 0 Å². The largest absolute Gasteiger partial charge is 0.477 e. The minimum absolute atomic E-state index is 0.109. The van der Waals surface area contributed by atoms with Gasteiger partial charge in [0.25, 0.3) is 5.56 Å². The predicted octanol–water partition coefficient (Wildman–Crippen LogP) is 5.05. The van der Waals surface area contributed by atoms with E-state index in [2.05, 4.69) is 4.98 Å². The van der Waals surface area contributed by atoms with Gasteiger partial charge >= 0.3 is 5.69 Å². The molecule has 0 N–H and O–H groups in total. The fourth-order valence-corrected chi connectivity index (χ4v) is 5.51. The van der Waals surface area contributed by atoms with Crippen molar-refractivity contribution in [3.05, 3.63) is 74.6 Å². The molecule has 44 heavy (non-hydrogen) atoms. The van der Waals surface area contributed by atoms with Crippen molar-refractivity contribution < 1.29 is 23.0 Å². The molecule has 1 atom stereocenters. The van der Waals surface area contributed by atoms with Crippen LogP contribution in [-0.4, -0.2) is 49.8 Å². The zero-order valence-corrected chi connectivity index (χ0v) is 25.0. The molecular formula is C32H37F2N5O5. The molecule has 10 nitrogen and oxygen atoms in total. The number of benzene rings is 1. The summed E-state index contributed by atoms with van der Waals surface area (Å²) in [6, 6.07) is 6.82. The Bertz CT molecular complexity index is 1740. The molecule has 2 fully saturated rings. The lowest BCUT2D eigenvalue weighted by Crippen LogP contribution is -2.41. The summed E-state index contributed by atoms with van der Waals surface area (Å²) < 4.78 is 50.3. The van der Waals surface area contributed by atoms with Crippen molar-refractivity contribution in [2.75, 3.05) is 19.8 Å². The standard InChI is InChI=1S/C32H37F2N5O5/c1-20(2)39-29-27(31(40)37(32(39)41)13-5-15-43-26-6-3-4-14-42-26)38(18-21-9-11-23(33)12-10-21)28(36-29)25-16-24(34)17-35-30(25)44-19-22-7-8-22/h9-12,16-17,20,22,26H,3-8,13-15,18-19H2,1-2H3. The van der Waals surface area contributed by atoms with Crippen molar-refractivity contribution in [2.45, 2.75) is 77.8 Å². The lowest BCUT2D eigenvalue weighted by atomic mass is 10.2. The molecule has 1 aliphatic carbocycles. The summed E-state index contributed by atoms with van der Waals surface area (Å²) in [5.41, 5.74) is 0.275. The van der Waals surface area contributed by atoms with Crippen molar-refractivity contribution in [1.29, 1.82) is 0 Å². The molecule has 12 heteroatoms. The molecule has 0 spiro atoms. The van der Waals surface area contributed by atoms with E-state index in [-0.39, 0.29) is 53.9 Å². The molecule has 6 rings (SSSR count). The number of halogens is 2. The van der Waals surface area contributed by atoms with Gasteiger partial charge in [0.2, 0.25) is 5.88 Å². The number of fused-ring (bicyclic) bond motifs is 1. The Labute approximate surface area is 253 Å². The second-order valence-corrected chi connectivity index (χ2v) is 11.8. The molecule has 234 valence electrons. The Morgan fingerprint density at radius 2 is 1.84 bits per heavy atom. The van der Waals surface area contributed by atoms with E-state index >= 15 is 0 Å². The van der Waals surface area contributed by atoms with Crippen LogP contribution < -0.4 is 16.0 Å². The molecule has 2 aliphatic rings. The van der Waals surface area contributed by atoms with E-state index in [0.29, 0.717) is 37.7 Å². The molecule has 0 bridgehead atoms. The maximum absolute atomic E-state index is 14.7. The van der Waals surface area contributed by atoms with E-state index in [0.717, 1.165) is 38.3 Å². The minimum atomic E-state index is -0.597. The number of nitrogens with zero attached hydrogens (tertiary/aromatic N) is 5. The van der Waals surface area contributed by atoms with Gasteiger partial charge in [-0.1, -0.05) is 12.1 Å².